The number of rotatable bonds is 7. The smallest absolute Gasteiger partial charge is 0.390 e. The highest BCUT2D eigenvalue weighted by Gasteiger charge is 2.71. The Kier molecular flexibility index (Phi) is 6.78. The van der Waals surface area contributed by atoms with E-state index in [0.717, 1.165) is 0 Å². The molecule has 4 fully saturated rings. The van der Waals surface area contributed by atoms with E-state index in [1.54, 1.807) is 13.8 Å². The molecular formula is C18H31O14P. The van der Waals surface area contributed by atoms with Crippen molar-refractivity contribution in [3.8, 4) is 0 Å². The summed E-state index contributed by atoms with van der Waals surface area (Å²) in [5.41, 5.74) is -1.50. The Morgan fingerprint density at radius 3 is 2.33 bits per heavy atom. The molecule has 192 valence electrons. The zero-order chi connectivity index (χ0) is 24.5. The van der Waals surface area contributed by atoms with Crippen LogP contribution >= 0.6 is 7.82 Å². The predicted molar refractivity (Wildman–Crippen MR) is 103 cm³/mol. The highest BCUT2D eigenvalue weighted by molar-refractivity contribution is 7.46. The number of phosphoric acid groups is 1. The molecule has 1 saturated carbocycles. The Morgan fingerprint density at radius 2 is 1.73 bits per heavy atom. The van der Waals surface area contributed by atoms with Crippen LogP contribution in [0.1, 0.15) is 20.8 Å². The minimum atomic E-state index is -4.90. The van der Waals surface area contributed by atoms with Gasteiger partial charge in [-0.2, -0.15) is 0 Å². The van der Waals surface area contributed by atoms with Crippen LogP contribution in [0.25, 0.3) is 0 Å². The van der Waals surface area contributed by atoms with Crippen LogP contribution in [0, 0.1) is 11.8 Å². The van der Waals surface area contributed by atoms with Crippen LogP contribution in [0.2, 0.25) is 0 Å². The van der Waals surface area contributed by atoms with E-state index < -0.39 is 86.9 Å². The van der Waals surface area contributed by atoms with Crippen molar-refractivity contribution in [2.45, 2.75) is 87.5 Å². The average molecular weight is 502 g/mol. The molecule has 4 aliphatic rings. The Labute approximate surface area is 189 Å². The normalized spacial score (nSPS) is 49.1. The summed E-state index contributed by atoms with van der Waals surface area (Å²) < 4.78 is 43.5. The molecule has 3 saturated heterocycles. The van der Waals surface area contributed by atoms with E-state index in [1.165, 1.54) is 6.92 Å². The van der Waals surface area contributed by atoms with Gasteiger partial charge in [0.25, 0.3) is 0 Å². The predicted octanol–water partition coefficient (Wildman–Crippen LogP) is -2.85. The van der Waals surface area contributed by atoms with Crippen molar-refractivity contribution in [1.29, 1.82) is 0 Å². The molecule has 4 rings (SSSR count). The first-order chi connectivity index (χ1) is 15.1. The van der Waals surface area contributed by atoms with E-state index in [1.807, 2.05) is 0 Å². The van der Waals surface area contributed by atoms with Gasteiger partial charge in [-0.3, -0.25) is 4.52 Å². The average Bonchev–Trinajstić information content (AvgIpc) is 3.11. The largest absolute Gasteiger partial charge is 0.469 e. The lowest BCUT2D eigenvalue weighted by molar-refractivity contribution is -0.397. The minimum absolute atomic E-state index is 0.0733. The summed E-state index contributed by atoms with van der Waals surface area (Å²) >= 11 is 0. The fourth-order valence-electron chi connectivity index (χ4n) is 4.99. The third-order valence-corrected chi connectivity index (χ3v) is 7.08. The summed E-state index contributed by atoms with van der Waals surface area (Å²) in [5.74, 6) is -4.36. The zero-order valence-corrected chi connectivity index (χ0v) is 19.1. The number of fused-ring (bicyclic) bond motifs is 3. The zero-order valence-electron chi connectivity index (χ0n) is 18.2. The molecule has 2 bridgehead atoms. The van der Waals surface area contributed by atoms with Crippen LogP contribution in [-0.2, 0) is 32.8 Å². The van der Waals surface area contributed by atoms with E-state index in [-0.39, 0.29) is 12.7 Å². The van der Waals surface area contributed by atoms with Crippen molar-refractivity contribution in [2.75, 3.05) is 13.2 Å². The second-order valence-electron chi connectivity index (χ2n) is 9.42. The first-order valence-corrected chi connectivity index (χ1v) is 12.1. The fourth-order valence-corrected chi connectivity index (χ4v) is 5.33. The van der Waals surface area contributed by atoms with Crippen LogP contribution in [0.3, 0.4) is 0 Å². The monoisotopic (exact) mass is 502 g/mol. The summed E-state index contributed by atoms with van der Waals surface area (Å²) in [7, 11) is -4.90. The quantitative estimate of drug-likeness (QED) is 0.138. The Balaban J connectivity index is 1.53. The van der Waals surface area contributed by atoms with Gasteiger partial charge in [-0.1, -0.05) is 0 Å². The molecule has 7 unspecified atom stereocenters. The van der Waals surface area contributed by atoms with Gasteiger partial charge in [-0.25, -0.2) is 4.57 Å². The van der Waals surface area contributed by atoms with Crippen molar-refractivity contribution < 1.29 is 68.1 Å². The second kappa shape index (κ2) is 8.68. The first-order valence-electron chi connectivity index (χ1n) is 10.6. The third kappa shape index (κ3) is 4.76. The van der Waals surface area contributed by atoms with Crippen molar-refractivity contribution in [3.05, 3.63) is 0 Å². The van der Waals surface area contributed by atoms with Crippen molar-refractivity contribution in [3.63, 3.8) is 0 Å². The molecule has 0 radical (unpaired) electrons. The Morgan fingerprint density at radius 1 is 1.09 bits per heavy atom. The summed E-state index contributed by atoms with van der Waals surface area (Å²) in [6.07, 6.45) is -11.0. The highest BCUT2D eigenvalue weighted by Crippen LogP contribution is 2.58. The summed E-state index contributed by atoms with van der Waals surface area (Å²) in [6, 6.07) is 0. The number of aliphatic hydroxyl groups is 5. The van der Waals surface area contributed by atoms with Gasteiger partial charge in [0.1, 0.15) is 30.5 Å². The van der Waals surface area contributed by atoms with Gasteiger partial charge >= 0.3 is 7.82 Å². The molecule has 0 amide bonds. The van der Waals surface area contributed by atoms with Gasteiger partial charge < -0.3 is 59.0 Å². The molecule has 0 aromatic rings. The van der Waals surface area contributed by atoms with Gasteiger partial charge in [-0.05, 0) is 20.8 Å². The molecule has 1 aliphatic carbocycles. The Bertz CT molecular complexity index is 769. The number of hydrogen-bond donors (Lipinski definition) is 7. The first kappa shape index (κ1) is 25.8. The van der Waals surface area contributed by atoms with E-state index in [2.05, 4.69) is 4.52 Å². The van der Waals surface area contributed by atoms with Gasteiger partial charge in [0.15, 0.2) is 6.29 Å². The van der Waals surface area contributed by atoms with Gasteiger partial charge in [0.2, 0.25) is 12.1 Å². The highest BCUT2D eigenvalue weighted by atomic mass is 31.2. The maximum atomic E-state index is 11.1. The van der Waals surface area contributed by atoms with Crippen LogP contribution < -0.4 is 0 Å². The molecule has 14 nitrogen and oxygen atoms in total. The van der Waals surface area contributed by atoms with Crippen LogP contribution in [0.5, 0.6) is 0 Å². The SMILES string of the molecule is CC(C)O[C@@H]1OC2COC([C@@H]2O[C@@H]2OC(COP(=O)(O)O)C(O)[C@H]3C(C2O)C3(C)O)C1(O)O. The topological polar surface area (TPSA) is 214 Å². The molecule has 0 aromatic heterocycles. The van der Waals surface area contributed by atoms with Crippen LogP contribution in [0.4, 0.5) is 0 Å². The molecule has 3 aliphatic heterocycles. The molecule has 3 heterocycles. The lowest BCUT2D eigenvalue weighted by Gasteiger charge is -2.44. The summed E-state index contributed by atoms with van der Waals surface area (Å²) in [5, 5.41) is 53.3. The van der Waals surface area contributed by atoms with Gasteiger partial charge in [0, 0.05) is 11.8 Å². The van der Waals surface area contributed by atoms with Crippen LogP contribution in [0.15, 0.2) is 0 Å². The maximum Gasteiger partial charge on any atom is 0.469 e. The number of aliphatic hydroxyl groups excluding tert-OH is 2. The minimum Gasteiger partial charge on any atom is -0.390 e. The lowest BCUT2D eigenvalue weighted by atomic mass is 9.98. The summed E-state index contributed by atoms with van der Waals surface area (Å²) in [6.45, 7) is 3.94. The molecule has 33 heavy (non-hydrogen) atoms. The Hall–Kier alpha value is -0.290. The molecule has 0 spiro atoms. The van der Waals surface area contributed by atoms with Crippen molar-refractivity contribution in [2.24, 2.45) is 11.8 Å². The number of hydrogen-bond acceptors (Lipinski definition) is 12. The summed E-state index contributed by atoms with van der Waals surface area (Å²) in [4.78, 5) is 18.0. The molecular weight excluding hydrogens is 471 g/mol. The number of phosphoric ester groups is 1. The molecule has 15 heteroatoms. The lowest BCUT2D eigenvalue weighted by Crippen LogP contribution is -2.65. The third-order valence-electron chi connectivity index (χ3n) is 6.59. The van der Waals surface area contributed by atoms with E-state index in [0.29, 0.717) is 0 Å². The molecule has 7 N–H and O–H groups in total. The number of ether oxygens (including phenoxy) is 5. The van der Waals surface area contributed by atoms with Gasteiger partial charge in [0.05, 0.1) is 31.0 Å². The van der Waals surface area contributed by atoms with Crippen LogP contribution in [-0.4, -0.2) is 115 Å². The molecule has 0 aromatic carbocycles. The standard InChI is InChI=1S/C18H31O14P/c1-6(2)29-16-18(22,23)14-13(8(31-16)4-27-14)32-15-12(20)10-9(17(10,3)21)11(19)7(30-15)5-28-33(24,25)26/h6-16,19-23H,4-5H2,1-3H3,(H2,24,25,26)/t7?,8?,9-,10?,11?,12?,13-,14?,15+,16-,17?/m1/s1. The molecule has 11 atom stereocenters. The van der Waals surface area contributed by atoms with E-state index in [9.17, 15) is 30.1 Å². The second-order valence-corrected chi connectivity index (χ2v) is 10.7. The van der Waals surface area contributed by atoms with Crippen molar-refractivity contribution in [1.82, 2.24) is 0 Å². The van der Waals surface area contributed by atoms with Crippen molar-refractivity contribution >= 4 is 7.82 Å². The van der Waals surface area contributed by atoms with E-state index in [4.69, 9.17) is 33.5 Å². The van der Waals surface area contributed by atoms with Gasteiger partial charge in [-0.15, -0.1) is 0 Å². The fraction of sp³-hybridized carbons (Fsp3) is 1.00. The maximum absolute atomic E-state index is 11.1. The van der Waals surface area contributed by atoms with E-state index >= 15 is 0 Å².